The third-order valence-corrected chi connectivity index (χ3v) is 5.28. The molecule has 4 rings (SSSR count). The van der Waals surface area contributed by atoms with Crippen molar-refractivity contribution in [3.8, 4) is 0 Å². The fourth-order valence-corrected chi connectivity index (χ4v) is 4.00. The zero-order valence-corrected chi connectivity index (χ0v) is 15.3. The first-order chi connectivity index (χ1) is 12.9. The molecule has 1 nitrogen and oxygen atoms in total. The van der Waals surface area contributed by atoms with Crippen molar-refractivity contribution >= 4 is 32.3 Å². The summed E-state index contributed by atoms with van der Waals surface area (Å²) in [6.07, 6.45) is 7.48. The van der Waals surface area contributed by atoms with Crippen molar-refractivity contribution in [3.63, 3.8) is 0 Å². The van der Waals surface area contributed by atoms with Crippen LogP contribution in [0.25, 0.3) is 32.3 Å². The Morgan fingerprint density at radius 3 is 2.35 bits per heavy atom. The molecule has 4 aromatic rings. The molecule has 0 amide bonds. The Morgan fingerprint density at radius 1 is 0.769 bits per heavy atom. The van der Waals surface area contributed by atoms with E-state index in [0.29, 0.717) is 0 Å². The normalized spacial score (nSPS) is 11.7. The van der Waals surface area contributed by atoms with E-state index in [1.165, 1.54) is 44.3 Å². The fraction of sp³-hybridized carbons (Fsp3) is 0.280. The molecule has 0 heterocycles. The summed E-state index contributed by atoms with van der Waals surface area (Å²) < 4.78 is 5.72. The van der Waals surface area contributed by atoms with Gasteiger partial charge in [-0.25, -0.2) is 0 Å². The predicted molar refractivity (Wildman–Crippen MR) is 113 cm³/mol. The Labute approximate surface area is 155 Å². The van der Waals surface area contributed by atoms with Crippen LogP contribution < -0.4 is 0 Å². The van der Waals surface area contributed by atoms with Crippen LogP contribution in [0.1, 0.15) is 31.2 Å². The van der Waals surface area contributed by atoms with Gasteiger partial charge in [0.1, 0.15) is 0 Å². The van der Waals surface area contributed by atoms with Crippen LogP contribution in [-0.2, 0) is 11.2 Å². The monoisotopic (exact) mass is 342 g/mol. The van der Waals surface area contributed by atoms with Crippen LogP contribution in [0.5, 0.6) is 0 Å². The lowest BCUT2D eigenvalue weighted by molar-refractivity contribution is 0.129. The van der Waals surface area contributed by atoms with Gasteiger partial charge in [-0.3, -0.25) is 0 Å². The molecular weight excluding hydrogens is 316 g/mol. The minimum absolute atomic E-state index is 0.851. The van der Waals surface area contributed by atoms with Gasteiger partial charge in [0.15, 0.2) is 0 Å². The highest BCUT2D eigenvalue weighted by molar-refractivity contribution is 6.23. The number of hydrogen-bond donors (Lipinski definition) is 0. The molecule has 0 atom stereocenters. The number of aryl methyl sites for hydroxylation is 1. The molecule has 0 fully saturated rings. The Hall–Kier alpha value is -2.38. The molecule has 1 heteroatoms. The molecule has 0 aliphatic heterocycles. The lowest BCUT2D eigenvalue weighted by Gasteiger charge is -2.14. The highest BCUT2D eigenvalue weighted by Gasteiger charge is 2.11. The lowest BCUT2D eigenvalue weighted by atomic mass is 9.90. The second-order valence-corrected chi connectivity index (χ2v) is 7.08. The summed E-state index contributed by atoms with van der Waals surface area (Å²) in [7, 11) is 0. The van der Waals surface area contributed by atoms with Crippen LogP contribution in [0.2, 0.25) is 0 Å². The third kappa shape index (κ3) is 3.32. The summed E-state index contributed by atoms with van der Waals surface area (Å²) in [5.41, 5.74) is 1.47. The lowest BCUT2D eigenvalue weighted by Crippen LogP contribution is -1.98. The van der Waals surface area contributed by atoms with Crippen LogP contribution >= 0.6 is 0 Å². The highest BCUT2D eigenvalue weighted by Crippen LogP contribution is 2.36. The molecule has 132 valence electrons. The van der Waals surface area contributed by atoms with Crippen molar-refractivity contribution in [3.05, 3.63) is 72.8 Å². The zero-order chi connectivity index (χ0) is 17.8. The fourth-order valence-electron chi connectivity index (χ4n) is 4.00. The molecule has 26 heavy (non-hydrogen) atoms. The van der Waals surface area contributed by atoms with Gasteiger partial charge in [-0.1, -0.05) is 60.7 Å². The van der Waals surface area contributed by atoms with E-state index in [2.05, 4.69) is 61.2 Å². The Bertz CT molecular complexity index is 1010. The van der Waals surface area contributed by atoms with Crippen molar-refractivity contribution < 1.29 is 4.74 Å². The number of hydrogen-bond acceptors (Lipinski definition) is 1. The number of unbranched alkanes of at least 4 members (excludes halogenated alkanes) is 2. The molecule has 0 spiro atoms. The Kier molecular flexibility index (Phi) is 5.17. The topological polar surface area (TPSA) is 9.23 Å². The molecule has 0 N–H and O–H groups in total. The van der Waals surface area contributed by atoms with Gasteiger partial charge in [-0.05, 0) is 70.0 Å². The summed E-state index contributed by atoms with van der Waals surface area (Å²) in [4.78, 5) is 0. The predicted octanol–water partition coefficient (Wildman–Crippen LogP) is 6.89. The van der Waals surface area contributed by atoms with Gasteiger partial charge >= 0.3 is 0 Å². The summed E-state index contributed by atoms with van der Waals surface area (Å²) >= 11 is 0. The van der Waals surface area contributed by atoms with E-state index in [0.717, 1.165) is 38.9 Å². The zero-order valence-electron chi connectivity index (χ0n) is 15.3. The van der Waals surface area contributed by atoms with Gasteiger partial charge in [0.25, 0.3) is 0 Å². The SMILES string of the molecule is C=CCCCOCCCCc1cc2cccc3ccc4cccc1c4c32. The van der Waals surface area contributed by atoms with E-state index >= 15 is 0 Å². The van der Waals surface area contributed by atoms with E-state index < -0.39 is 0 Å². The quantitative estimate of drug-likeness (QED) is 0.183. The molecule has 0 saturated carbocycles. The molecule has 0 radical (unpaired) electrons. The minimum atomic E-state index is 0.851. The molecule has 4 aromatic carbocycles. The van der Waals surface area contributed by atoms with Crippen molar-refractivity contribution in [2.75, 3.05) is 13.2 Å². The van der Waals surface area contributed by atoms with Crippen molar-refractivity contribution in [2.24, 2.45) is 0 Å². The maximum atomic E-state index is 5.72. The van der Waals surface area contributed by atoms with Crippen molar-refractivity contribution in [2.45, 2.75) is 32.1 Å². The van der Waals surface area contributed by atoms with Crippen LogP contribution in [0, 0.1) is 0 Å². The molecular formula is C25H26O. The largest absolute Gasteiger partial charge is 0.381 e. The van der Waals surface area contributed by atoms with Crippen LogP contribution in [0.4, 0.5) is 0 Å². The average molecular weight is 342 g/mol. The molecule has 0 aliphatic carbocycles. The average Bonchev–Trinajstić information content (AvgIpc) is 2.68. The van der Waals surface area contributed by atoms with Gasteiger partial charge in [0.05, 0.1) is 0 Å². The first-order valence-corrected chi connectivity index (χ1v) is 9.72. The van der Waals surface area contributed by atoms with Crippen LogP contribution in [0.15, 0.2) is 67.3 Å². The molecule has 0 saturated heterocycles. The van der Waals surface area contributed by atoms with E-state index in [4.69, 9.17) is 4.74 Å². The first-order valence-electron chi connectivity index (χ1n) is 9.72. The van der Waals surface area contributed by atoms with E-state index in [1.807, 2.05) is 6.08 Å². The van der Waals surface area contributed by atoms with E-state index in [9.17, 15) is 0 Å². The van der Waals surface area contributed by atoms with Gasteiger partial charge in [0, 0.05) is 13.2 Å². The molecule has 0 unspecified atom stereocenters. The van der Waals surface area contributed by atoms with E-state index in [-0.39, 0.29) is 0 Å². The Balaban J connectivity index is 1.53. The third-order valence-electron chi connectivity index (χ3n) is 5.28. The van der Waals surface area contributed by atoms with Gasteiger partial charge in [0.2, 0.25) is 0 Å². The first kappa shape index (κ1) is 17.1. The summed E-state index contributed by atoms with van der Waals surface area (Å²) in [5, 5.41) is 8.30. The van der Waals surface area contributed by atoms with Gasteiger partial charge < -0.3 is 4.74 Å². The maximum Gasteiger partial charge on any atom is 0.0468 e. The molecule has 0 aliphatic rings. The number of ether oxygens (including phenoxy) is 1. The van der Waals surface area contributed by atoms with Gasteiger partial charge in [-0.15, -0.1) is 6.58 Å². The number of rotatable bonds is 9. The van der Waals surface area contributed by atoms with Crippen LogP contribution in [0.3, 0.4) is 0 Å². The molecule has 0 aromatic heterocycles. The second kappa shape index (κ2) is 7.88. The standard InChI is InChI=1S/C25H26O/c1-2-3-5-16-26-17-6-4-9-21-18-22-12-7-10-19-14-15-20-11-8-13-23(21)25(20)24(19)22/h2,7-8,10-15,18H,1,3-6,9,16-17H2. The number of allylic oxidation sites excluding steroid dienone is 1. The summed E-state index contributed by atoms with van der Waals surface area (Å²) in [6, 6.07) is 20.2. The van der Waals surface area contributed by atoms with Crippen LogP contribution in [-0.4, -0.2) is 13.2 Å². The second-order valence-electron chi connectivity index (χ2n) is 7.08. The highest BCUT2D eigenvalue weighted by atomic mass is 16.5. The molecule has 0 bridgehead atoms. The van der Waals surface area contributed by atoms with E-state index in [1.54, 1.807) is 0 Å². The maximum absolute atomic E-state index is 5.72. The number of benzene rings is 4. The smallest absolute Gasteiger partial charge is 0.0468 e. The van der Waals surface area contributed by atoms with Crippen molar-refractivity contribution in [1.29, 1.82) is 0 Å². The minimum Gasteiger partial charge on any atom is -0.381 e. The van der Waals surface area contributed by atoms with Crippen molar-refractivity contribution in [1.82, 2.24) is 0 Å². The summed E-state index contributed by atoms with van der Waals surface area (Å²) in [5.74, 6) is 0. The Morgan fingerprint density at radius 2 is 1.50 bits per heavy atom. The summed E-state index contributed by atoms with van der Waals surface area (Å²) in [6.45, 7) is 5.46. The van der Waals surface area contributed by atoms with Gasteiger partial charge in [-0.2, -0.15) is 0 Å².